The fourth-order valence-corrected chi connectivity index (χ4v) is 4.09. The van der Waals surface area contributed by atoms with E-state index in [-0.39, 0.29) is 11.8 Å². The van der Waals surface area contributed by atoms with Crippen LogP contribution in [0.5, 0.6) is 11.5 Å². The van der Waals surface area contributed by atoms with Crippen molar-refractivity contribution in [1.82, 2.24) is 4.90 Å². The second-order valence-electron chi connectivity index (χ2n) is 7.67. The first kappa shape index (κ1) is 19.4. The number of hydrogen-bond acceptors (Lipinski definition) is 4. The molecule has 1 fully saturated rings. The summed E-state index contributed by atoms with van der Waals surface area (Å²) in [5.74, 6) is 7.06. The monoisotopic (exact) mass is 391 g/mol. The van der Waals surface area contributed by atoms with E-state index in [9.17, 15) is 4.79 Å². The molecule has 150 valence electrons. The molecule has 2 aromatic rings. The minimum atomic E-state index is -0.735. The first-order valence-electron chi connectivity index (χ1n) is 10.0. The van der Waals surface area contributed by atoms with Crippen LogP contribution >= 0.6 is 0 Å². The van der Waals surface area contributed by atoms with Gasteiger partial charge < -0.3 is 19.5 Å². The van der Waals surface area contributed by atoms with Crippen LogP contribution in [0.25, 0.3) is 0 Å². The summed E-state index contributed by atoms with van der Waals surface area (Å²) in [6, 6.07) is 15.9. The standard InChI is InChI=1S/C24H25NO4/c26-23(27)10-13-25-14-11-24(12-15-25)18-29-22-17-20(8-9-21(22)24)28-16-4-7-19-5-2-1-3-6-19/h1-3,5-6,8-9,17H,10-16,18H2,(H,26,27). The van der Waals surface area contributed by atoms with Crippen molar-refractivity contribution in [3.63, 3.8) is 0 Å². The van der Waals surface area contributed by atoms with Crippen molar-refractivity contribution in [1.29, 1.82) is 0 Å². The molecule has 0 amide bonds. The predicted octanol–water partition coefficient (Wildman–Crippen LogP) is 3.32. The Morgan fingerprint density at radius 3 is 2.72 bits per heavy atom. The summed E-state index contributed by atoms with van der Waals surface area (Å²) in [5.41, 5.74) is 2.27. The molecule has 0 unspecified atom stereocenters. The molecule has 5 heteroatoms. The summed E-state index contributed by atoms with van der Waals surface area (Å²) in [5, 5.41) is 8.87. The van der Waals surface area contributed by atoms with Gasteiger partial charge >= 0.3 is 5.97 Å². The highest BCUT2D eigenvalue weighted by atomic mass is 16.5. The number of rotatable bonds is 5. The maximum atomic E-state index is 10.8. The maximum absolute atomic E-state index is 10.8. The summed E-state index contributed by atoms with van der Waals surface area (Å²) in [6.45, 7) is 3.45. The fraction of sp³-hybridized carbons (Fsp3) is 0.375. The first-order valence-corrected chi connectivity index (χ1v) is 10.0. The molecule has 0 atom stereocenters. The molecule has 2 aliphatic heterocycles. The third-order valence-electron chi connectivity index (χ3n) is 5.80. The highest BCUT2D eigenvalue weighted by Crippen LogP contribution is 2.46. The van der Waals surface area contributed by atoms with Gasteiger partial charge in [0.15, 0.2) is 0 Å². The molecule has 5 nitrogen and oxygen atoms in total. The molecule has 1 saturated heterocycles. The Kier molecular flexibility index (Phi) is 5.73. The summed E-state index contributed by atoms with van der Waals surface area (Å²) in [4.78, 5) is 13.0. The van der Waals surface area contributed by atoms with Gasteiger partial charge in [0.2, 0.25) is 0 Å². The van der Waals surface area contributed by atoms with Gasteiger partial charge in [0.05, 0.1) is 13.0 Å². The third kappa shape index (κ3) is 4.55. The van der Waals surface area contributed by atoms with Crippen LogP contribution in [0.1, 0.15) is 30.4 Å². The molecule has 0 bridgehead atoms. The number of benzene rings is 2. The molecular weight excluding hydrogens is 366 g/mol. The Morgan fingerprint density at radius 1 is 1.17 bits per heavy atom. The topological polar surface area (TPSA) is 59.0 Å². The summed E-state index contributed by atoms with van der Waals surface area (Å²) in [6.07, 6.45) is 2.18. The molecule has 1 spiro atoms. The zero-order valence-corrected chi connectivity index (χ0v) is 16.4. The Morgan fingerprint density at radius 2 is 1.97 bits per heavy atom. The average molecular weight is 391 g/mol. The van der Waals surface area contributed by atoms with Crippen LogP contribution < -0.4 is 9.47 Å². The van der Waals surface area contributed by atoms with E-state index in [0.717, 1.165) is 43.0 Å². The Bertz CT molecular complexity index is 921. The molecule has 0 aliphatic carbocycles. The van der Waals surface area contributed by atoms with Crippen LogP contribution in [0.2, 0.25) is 0 Å². The zero-order valence-electron chi connectivity index (χ0n) is 16.4. The lowest BCUT2D eigenvalue weighted by Crippen LogP contribution is -2.44. The van der Waals surface area contributed by atoms with Crippen molar-refractivity contribution in [3.8, 4) is 23.3 Å². The maximum Gasteiger partial charge on any atom is 0.304 e. The normalized spacial score (nSPS) is 17.1. The van der Waals surface area contributed by atoms with Crippen LogP contribution in [0, 0.1) is 11.8 Å². The molecule has 1 N–H and O–H groups in total. The van der Waals surface area contributed by atoms with Gasteiger partial charge in [0.1, 0.15) is 18.1 Å². The molecule has 2 aliphatic rings. The zero-order chi connectivity index (χ0) is 20.1. The van der Waals surface area contributed by atoms with E-state index in [1.807, 2.05) is 42.5 Å². The molecular formula is C24H25NO4. The second kappa shape index (κ2) is 8.59. The van der Waals surface area contributed by atoms with Crippen molar-refractivity contribution in [2.75, 3.05) is 32.8 Å². The smallest absolute Gasteiger partial charge is 0.304 e. The van der Waals surface area contributed by atoms with Gasteiger partial charge in [-0.1, -0.05) is 36.1 Å². The lowest BCUT2D eigenvalue weighted by molar-refractivity contribution is -0.137. The van der Waals surface area contributed by atoms with E-state index in [4.69, 9.17) is 14.6 Å². The van der Waals surface area contributed by atoms with E-state index in [2.05, 4.69) is 22.8 Å². The minimum Gasteiger partial charge on any atom is -0.492 e. The van der Waals surface area contributed by atoms with Gasteiger partial charge in [-0.2, -0.15) is 0 Å². The average Bonchev–Trinajstić information content (AvgIpc) is 3.09. The number of likely N-dealkylation sites (tertiary alicyclic amines) is 1. The lowest BCUT2D eigenvalue weighted by atomic mass is 9.74. The minimum absolute atomic E-state index is 0.0424. The van der Waals surface area contributed by atoms with Crippen molar-refractivity contribution in [2.24, 2.45) is 0 Å². The molecule has 4 rings (SSSR count). The van der Waals surface area contributed by atoms with Crippen molar-refractivity contribution in [2.45, 2.75) is 24.7 Å². The van der Waals surface area contributed by atoms with Crippen LogP contribution in [0.15, 0.2) is 48.5 Å². The van der Waals surface area contributed by atoms with E-state index >= 15 is 0 Å². The fourth-order valence-electron chi connectivity index (χ4n) is 4.09. The molecule has 0 aromatic heterocycles. The van der Waals surface area contributed by atoms with Gasteiger partial charge in [-0.25, -0.2) is 0 Å². The first-order chi connectivity index (χ1) is 14.1. The molecule has 0 radical (unpaired) electrons. The molecule has 29 heavy (non-hydrogen) atoms. The van der Waals surface area contributed by atoms with Crippen molar-refractivity contribution in [3.05, 3.63) is 59.7 Å². The summed E-state index contributed by atoms with van der Waals surface area (Å²) >= 11 is 0. The number of carbonyl (C=O) groups is 1. The van der Waals surface area contributed by atoms with Gasteiger partial charge in [0.25, 0.3) is 0 Å². The lowest BCUT2D eigenvalue weighted by Gasteiger charge is -2.38. The van der Waals surface area contributed by atoms with Gasteiger partial charge in [-0.15, -0.1) is 0 Å². The number of fused-ring (bicyclic) bond motifs is 2. The van der Waals surface area contributed by atoms with Gasteiger partial charge in [-0.05, 0) is 44.1 Å². The Hall–Kier alpha value is -2.97. The summed E-state index contributed by atoms with van der Waals surface area (Å²) < 4.78 is 11.8. The van der Waals surface area contributed by atoms with Crippen molar-refractivity contribution < 1.29 is 19.4 Å². The quantitative estimate of drug-likeness (QED) is 0.793. The molecule has 2 aromatic carbocycles. The largest absolute Gasteiger partial charge is 0.492 e. The van der Waals surface area contributed by atoms with E-state index in [0.29, 0.717) is 19.8 Å². The number of nitrogens with zero attached hydrogens (tertiary/aromatic N) is 1. The van der Waals surface area contributed by atoms with Gasteiger partial charge in [0, 0.05) is 29.2 Å². The van der Waals surface area contributed by atoms with E-state index in [1.54, 1.807) is 0 Å². The summed E-state index contributed by atoms with van der Waals surface area (Å²) in [7, 11) is 0. The van der Waals surface area contributed by atoms with Crippen LogP contribution in [0.3, 0.4) is 0 Å². The molecule has 0 saturated carbocycles. The third-order valence-corrected chi connectivity index (χ3v) is 5.80. The second-order valence-corrected chi connectivity index (χ2v) is 7.67. The number of aliphatic carboxylic acids is 1. The molecule has 2 heterocycles. The number of piperidine rings is 1. The Labute approximate surface area is 171 Å². The van der Waals surface area contributed by atoms with E-state index in [1.165, 1.54) is 5.56 Å². The number of hydrogen-bond donors (Lipinski definition) is 1. The van der Waals surface area contributed by atoms with Crippen LogP contribution in [-0.2, 0) is 10.2 Å². The highest BCUT2D eigenvalue weighted by Gasteiger charge is 2.43. The van der Waals surface area contributed by atoms with Crippen LogP contribution in [-0.4, -0.2) is 48.8 Å². The van der Waals surface area contributed by atoms with Gasteiger partial charge in [-0.3, -0.25) is 4.79 Å². The number of carboxylic acid groups (broad SMARTS) is 1. The number of carboxylic acids is 1. The number of ether oxygens (including phenoxy) is 2. The highest BCUT2D eigenvalue weighted by molar-refractivity contribution is 5.66. The SMILES string of the molecule is O=C(O)CCN1CCC2(CC1)COc1cc(OCC#Cc3ccccc3)ccc12. The van der Waals surface area contributed by atoms with Crippen LogP contribution in [0.4, 0.5) is 0 Å². The van der Waals surface area contributed by atoms with E-state index < -0.39 is 5.97 Å². The Balaban J connectivity index is 1.35. The predicted molar refractivity (Wildman–Crippen MR) is 110 cm³/mol. The van der Waals surface area contributed by atoms with Crippen molar-refractivity contribution >= 4 is 5.97 Å².